The highest BCUT2D eigenvalue weighted by molar-refractivity contribution is 5.75. The summed E-state index contributed by atoms with van der Waals surface area (Å²) >= 11 is 0. The number of hydrogen-bond donors (Lipinski definition) is 0. The van der Waals surface area contributed by atoms with Gasteiger partial charge in [0.25, 0.3) is 0 Å². The second kappa shape index (κ2) is 3.64. The zero-order chi connectivity index (χ0) is 9.26. The predicted octanol–water partition coefficient (Wildman–Crippen LogP) is 0.496. The lowest BCUT2D eigenvalue weighted by atomic mass is 10.2. The van der Waals surface area contributed by atoms with Crippen LogP contribution in [0.3, 0.4) is 0 Å². The number of carbonyl (C=O) groups is 1. The van der Waals surface area contributed by atoms with E-state index >= 15 is 0 Å². The summed E-state index contributed by atoms with van der Waals surface area (Å²) < 4.78 is 15.4. The number of ether oxygens (including phenoxy) is 3. The molecule has 2 aliphatic heterocycles. The molecule has 2 rings (SSSR count). The molecule has 0 unspecified atom stereocenters. The molecular formula is C9H14O4. The van der Waals surface area contributed by atoms with Crippen molar-refractivity contribution in [3.8, 4) is 0 Å². The van der Waals surface area contributed by atoms with Gasteiger partial charge in [-0.05, 0) is 19.8 Å². The Labute approximate surface area is 77.1 Å². The summed E-state index contributed by atoms with van der Waals surface area (Å²) in [7, 11) is 0. The first-order valence-corrected chi connectivity index (χ1v) is 4.69. The number of esters is 1. The van der Waals surface area contributed by atoms with Crippen LogP contribution in [0.4, 0.5) is 0 Å². The van der Waals surface area contributed by atoms with E-state index in [0.717, 1.165) is 12.8 Å². The van der Waals surface area contributed by atoms with E-state index in [0.29, 0.717) is 13.2 Å². The van der Waals surface area contributed by atoms with Crippen molar-refractivity contribution in [1.82, 2.24) is 0 Å². The Hall–Kier alpha value is -0.610. The molecule has 0 aromatic carbocycles. The van der Waals surface area contributed by atoms with Crippen molar-refractivity contribution in [3.05, 3.63) is 0 Å². The van der Waals surface area contributed by atoms with Gasteiger partial charge in [0.05, 0.1) is 19.3 Å². The second-order valence-corrected chi connectivity index (χ2v) is 3.61. The SMILES string of the molecule is C[C@H]1CC[C@@H](C(=O)OC2COC2)O1. The van der Waals surface area contributed by atoms with Crippen molar-refractivity contribution >= 4 is 5.97 Å². The molecule has 0 spiro atoms. The zero-order valence-corrected chi connectivity index (χ0v) is 7.69. The molecule has 4 nitrogen and oxygen atoms in total. The molecule has 0 N–H and O–H groups in total. The normalized spacial score (nSPS) is 34.2. The fourth-order valence-corrected chi connectivity index (χ4v) is 1.50. The average Bonchev–Trinajstić information content (AvgIpc) is 2.44. The van der Waals surface area contributed by atoms with Crippen LogP contribution in [0.2, 0.25) is 0 Å². The molecule has 0 saturated carbocycles. The first-order valence-electron chi connectivity index (χ1n) is 4.69. The van der Waals surface area contributed by atoms with Crippen molar-refractivity contribution in [3.63, 3.8) is 0 Å². The van der Waals surface area contributed by atoms with Crippen LogP contribution in [-0.4, -0.2) is 37.5 Å². The standard InChI is InChI=1S/C9H14O4/c1-6-2-3-8(12-6)9(10)13-7-4-11-5-7/h6-8H,2-5H2,1H3/t6-,8-/m0/s1. The third-order valence-corrected chi connectivity index (χ3v) is 2.39. The number of rotatable bonds is 2. The highest BCUT2D eigenvalue weighted by Gasteiger charge is 2.32. The lowest BCUT2D eigenvalue weighted by Gasteiger charge is -2.26. The molecule has 2 fully saturated rings. The predicted molar refractivity (Wildman–Crippen MR) is 44.3 cm³/mol. The topological polar surface area (TPSA) is 44.8 Å². The Morgan fingerprint density at radius 2 is 2.15 bits per heavy atom. The maximum absolute atomic E-state index is 11.4. The Kier molecular flexibility index (Phi) is 2.51. The van der Waals surface area contributed by atoms with Crippen LogP contribution < -0.4 is 0 Å². The van der Waals surface area contributed by atoms with Crippen LogP contribution in [0.15, 0.2) is 0 Å². The summed E-state index contributed by atoms with van der Waals surface area (Å²) in [6, 6.07) is 0. The van der Waals surface area contributed by atoms with E-state index in [4.69, 9.17) is 14.2 Å². The fourth-order valence-electron chi connectivity index (χ4n) is 1.50. The van der Waals surface area contributed by atoms with Gasteiger partial charge in [-0.15, -0.1) is 0 Å². The molecule has 2 saturated heterocycles. The van der Waals surface area contributed by atoms with Crippen molar-refractivity contribution in [2.24, 2.45) is 0 Å². The molecule has 0 aromatic rings. The Bertz CT molecular complexity index is 200. The molecule has 74 valence electrons. The van der Waals surface area contributed by atoms with E-state index in [-0.39, 0.29) is 24.3 Å². The van der Waals surface area contributed by atoms with Crippen molar-refractivity contribution in [2.45, 2.75) is 38.1 Å². The van der Waals surface area contributed by atoms with Crippen LogP contribution in [-0.2, 0) is 19.0 Å². The molecule has 0 bridgehead atoms. The van der Waals surface area contributed by atoms with Crippen molar-refractivity contribution < 1.29 is 19.0 Å². The first-order chi connectivity index (χ1) is 6.25. The van der Waals surface area contributed by atoms with Crippen LogP contribution in [0.1, 0.15) is 19.8 Å². The van der Waals surface area contributed by atoms with Crippen LogP contribution in [0.25, 0.3) is 0 Å². The van der Waals surface area contributed by atoms with Gasteiger partial charge in [-0.25, -0.2) is 4.79 Å². The molecule has 2 heterocycles. The second-order valence-electron chi connectivity index (χ2n) is 3.61. The van der Waals surface area contributed by atoms with Gasteiger partial charge < -0.3 is 14.2 Å². The summed E-state index contributed by atoms with van der Waals surface area (Å²) in [6.45, 7) is 3.04. The Morgan fingerprint density at radius 1 is 1.38 bits per heavy atom. The highest BCUT2D eigenvalue weighted by Crippen LogP contribution is 2.21. The average molecular weight is 186 g/mol. The molecule has 13 heavy (non-hydrogen) atoms. The monoisotopic (exact) mass is 186 g/mol. The highest BCUT2D eigenvalue weighted by atomic mass is 16.6. The minimum atomic E-state index is -0.337. The summed E-state index contributed by atoms with van der Waals surface area (Å²) in [5.41, 5.74) is 0. The van der Waals surface area contributed by atoms with Crippen molar-refractivity contribution in [2.75, 3.05) is 13.2 Å². The minimum Gasteiger partial charge on any atom is -0.456 e. The largest absolute Gasteiger partial charge is 0.456 e. The smallest absolute Gasteiger partial charge is 0.335 e. The lowest BCUT2D eigenvalue weighted by molar-refractivity contribution is -0.182. The van der Waals surface area contributed by atoms with Crippen LogP contribution >= 0.6 is 0 Å². The molecule has 0 aliphatic carbocycles. The summed E-state index contributed by atoms with van der Waals surface area (Å²) in [5.74, 6) is -0.224. The van der Waals surface area contributed by atoms with Gasteiger partial charge in [0.15, 0.2) is 6.10 Å². The molecule has 2 aliphatic rings. The lowest BCUT2D eigenvalue weighted by Crippen LogP contribution is -2.40. The molecule has 0 radical (unpaired) electrons. The maximum Gasteiger partial charge on any atom is 0.335 e. The third kappa shape index (κ3) is 2.00. The van der Waals surface area contributed by atoms with E-state index in [1.165, 1.54) is 0 Å². The van der Waals surface area contributed by atoms with Crippen LogP contribution in [0, 0.1) is 0 Å². The maximum atomic E-state index is 11.4. The summed E-state index contributed by atoms with van der Waals surface area (Å²) in [5, 5.41) is 0. The molecular weight excluding hydrogens is 172 g/mol. The van der Waals surface area contributed by atoms with Gasteiger partial charge in [-0.2, -0.15) is 0 Å². The van der Waals surface area contributed by atoms with E-state index in [1.807, 2.05) is 6.92 Å². The zero-order valence-electron chi connectivity index (χ0n) is 7.69. The molecule has 2 atom stereocenters. The van der Waals surface area contributed by atoms with E-state index < -0.39 is 0 Å². The van der Waals surface area contributed by atoms with Gasteiger partial charge in [-0.1, -0.05) is 0 Å². The molecule has 0 amide bonds. The van der Waals surface area contributed by atoms with Crippen molar-refractivity contribution in [1.29, 1.82) is 0 Å². The van der Waals surface area contributed by atoms with Gasteiger partial charge in [0, 0.05) is 0 Å². The fraction of sp³-hybridized carbons (Fsp3) is 0.889. The summed E-state index contributed by atoms with van der Waals surface area (Å²) in [4.78, 5) is 11.4. The molecule has 0 aromatic heterocycles. The van der Waals surface area contributed by atoms with E-state index in [1.54, 1.807) is 0 Å². The Morgan fingerprint density at radius 3 is 2.62 bits per heavy atom. The third-order valence-electron chi connectivity index (χ3n) is 2.39. The van der Waals surface area contributed by atoms with Gasteiger partial charge in [0.1, 0.15) is 6.10 Å². The first kappa shape index (κ1) is 8.97. The molecule has 4 heteroatoms. The Balaban J connectivity index is 1.76. The number of carbonyl (C=O) groups excluding carboxylic acids is 1. The van der Waals surface area contributed by atoms with E-state index in [2.05, 4.69) is 0 Å². The minimum absolute atomic E-state index is 0.0352. The van der Waals surface area contributed by atoms with Gasteiger partial charge in [-0.3, -0.25) is 0 Å². The van der Waals surface area contributed by atoms with Gasteiger partial charge >= 0.3 is 5.97 Å². The van der Waals surface area contributed by atoms with E-state index in [9.17, 15) is 4.79 Å². The summed E-state index contributed by atoms with van der Waals surface area (Å²) in [6.07, 6.45) is 1.55. The van der Waals surface area contributed by atoms with Gasteiger partial charge in [0.2, 0.25) is 0 Å². The quantitative estimate of drug-likeness (QED) is 0.589. The number of hydrogen-bond acceptors (Lipinski definition) is 4. The van der Waals surface area contributed by atoms with Crippen LogP contribution in [0.5, 0.6) is 0 Å².